The molecule has 0 fully saturated rings. The number of carbonyl (C=O) groups is 2. The molecule has 0 aliphatic heterocycles. The molecule has 3 N–H and O–H groups in total. The molecule has 0 spiro atoms. The average Bonchev–Trinajstić information content (AvgIpc) is 2.68. The van der Waals surface area contributed by atoms with Crippen LogP contribution < -0.4 is 20.7 Å². The van der Waals surface area contributed by atoms with Gasteiger partial charge in [-0.05, 0) is 62.7 Å². The second kappa shape index (κ2) is 10.2. The van der Waals surface area contributed by atoms with Crippen molar-refractivity contribution in [2.24, 2.45) is 0 Å². The van der Waals surface area contributed by atoms with Crippen molar-refractivity contribution in [3.63, 3.8) is 0 Å². The summed E-state index contributed by atoms with van der Waals surface area (Å²) in [6, 6.07) is 14.4. The summed E-state index contributed by atoms with van der Waals surface area (Å²) in [5.41, 5.74) is 1.98. The highest BCUT2D eigenvalue weighted by atomic mass is 16.5. The van der Waals surface area contributed by atoms with E-state index in [9.17, 15) is 9.59 Å². The molecule has 2 aromatic rings. The molecule has 0 heterocycles. The summed E-state index contributed by atoms with van der Waals surface area (Å²) in [6.45, 7) is 6.61. The van der Waals surface area contributed by atoms with Gasteiger partial charge in [-0.3, -0.25) is 9.59 Å². The Kier molecular flexibility index (Phi) is 7.67. The van der Waals surface area contributed by atoms with Gasteiger partial charge in [0, 0.05) is 23.0 Å². The fraction of sp³-hybridized carbons (Fsp3) is 0.333. The standard InChI is InChI=1S/C21H27N3O3/c1-4-15(3)23-21(26)16-7-6-8-18(13-16)22-14-20(25)24-17-9-11-19(12-10-17)27-5-2/h6-13,15,22H,4-5,14H2,1-3H3,(H,23,26)(H,24,25). The van der Waals surface area contributed by atoms with Crippen LogP contribution in [0.2, 0.25) is 0 Å². The van der Waals surface area contributed by atoms with Gasteiger partial charge >= 0.3 is 0 Å². The number of hydrogen-bond donors (Lipinski definition) is 3. The molecule has 0 aromatic heterocycles. The number of ether oxygens (including phenoxy) is 1. The number of nitrogens with one attached hydrogen (secondary N) is 3. The highest BCUT2D eigenvalue weighted by molar-refractivity contribution is 5.96. The fourth-order valence-electron chi connectivity index (χ4n) is 2.37. The molecule has 0 radical (unpaired) electrons. The molecule has 2 aromatic carbocycles. The average molecular weight is 369 g/mol. The summed E-state index contributed by atoms with van der Waals surface area (Å²) in [5.74, 6) is 0.474. The lowest BCUT2D eigenvalue weighted by Crippen LogP contribution is -2.31. The Morgan fingerprint density at radius 2 is 1.78 bits per heavy atom. The maximum absolute atomic E-state index is 12.2. The SMILES string of the molecule is CCOc1ccc(NC(=O)CNc2cccc(C(=O)NC(C)CC)c2)cc1. The van der Waals surface area contributed by atoms with E-state index in [0.717, 1.165) is 12.2 Å². The number of rotatable bonds is 9. The molecule has 1 atom stereocenters. The van der Waals surface area contributed by atoms with E-state index in [2.05, 4.69) is 16.0 Å². The third kappa shape index (κ3) is 6.66. The van der Waals surface area contributed by atoms with Crippen molar-refractivity contribution in [3.8, 4) is 5.75 Å². The normalized spacial score (nSPS) is 11.4. The Hall–Kier alpha value is -3.02. The van der Waals surface area contributed by atoms with Crippen molar-refractivity contribution in [3.05, 3.63) is 54.1 Å². The van der Waals surface area contributed by atoms with E-state index in [4.69, 9.17) is 4.74 Å². The van der Waals surface area contributed by atoms with E-state index >= 15 is 0 Å². The first-order valence-corrected chi connectivity index (χ1v) is 9.19. The largest absolute Gasteiger partial charge is 0.494 e. The first-order valence-electron chi connectivity index (χ1n) is 9.19. The van der Waals surface area contributed by atoms with Crippen LogP contribution in [0.25, 0.3) is 0 Å². The van der Waals surface area contributed by atoms with Crippen LogP contribution in [0.1, 0.15) is 37.6 Å². The maximum atomic E-state index is 12.2. The monoisotopic (exact) mass is 369 g/mol. The first-order chi connectivity index (χ1) is 13.0. The Morgan fingerprint density at radius 1 is 1.04 bits per heavy atom. The van der Waals surface area contributed by atoms with Crippen LogP contribution in [0.4, 0.5) is 11.4 Å². The van der Waals surface area contributed by atoms with E-state index in [1.807, 2.05) is 39.0 Å². The summed E-state index contributed by atoms with van der Waals surface area (Å²) in [6.07, 6.45) is 0.870. The number of benzene rings is 2. The van der Waals surface area contributed by atoms with Gasteiger partial charge in [0.25, 0.3) is 5.91 Å². The van der Waals surface area contributed by atoms with Crippen molar-refractivity contribution >= 4 is 23.2 Å². The highest BCUT2D eigenvalue weighted by Gasteiger charge is 2.09. The molecular formula is C21H27N3O3. The minimum absolute atomic E-state index is 0.101. The molecule has 0 saturated heterocycles. The smallest absolute Gasteiger partial charge is 0.251 e. The third-order valence-corrected chi connectivity index (χ3v) is 4.02. The van der Waals surface area contributed by atoms with E-state index in [-0.39, 0.29) is 24.4 Å². The molecule has 0 aliphatic rings. The van der Waals surface area contributed by atoms with Gasteiger partial charge in [0.15, 0.2) is 0 Å². The number of carbonyl (C=O) groups excluding carboxylic acids is 2. The van der Waals surface area contributed by atoms with Gasteiger partial charge in [-0.25, -0.2) is 0 Å². The van der Waals surface area contributed by atoms with Gasteiger partial charge in [-0.2, -0.15) is 0 Å². The van der Waals surface area contributed by atoms with Crippen molar-refractivity contribution in [1.82, 2.24) is 5.32 Å². The zero-order valence-corrected chi connectivity index (χ0v) is 16.0. The van der Waals surface area contributed by atoms with Gasteiger partial charge in [-0.1, -0.05) is 13.0 Å². The summed E-state index contributed by atoms with van der Waals surface area (Å²) < 4.78 is 5.38. The molecule has 2 amide bonds. The molecule has 0 bridgehead atoms. The van der Waals surface area contributed by atoms with Gasteiger partial charge in [0.1, 0.15) is 5.75 Å². The molecular weight excluding hydrogens is 342 g/mol. The Balaban J connectivity index is 1.87. The summed E-state index contributed by atoms with van der Waals surface area (Å²) in [5, 5.41) is 8.79. The molecule has 6 nitrogen and oxygen atoms in total. The topological polar surface area (TPSA) is 79.5 Å². The zero-order chi connectivity index (χ0) is 19.6. The van der Waals surface area contributed by atoms with E-state index in [0.29, 0.717) is 23.5 Å². The Labute approximate surface area is 160 Å². The highest BCUT2D eigenvalue weighted by Crippen LogP contribution is 2.16. The van der Waals surface area contributed by atoms with Crippen LogP contribution in [0.15, 0.2) is 48.5 Å². The number of hydrogen-bond acceptors (Lipinski definition) is 4. The Bertz CT molecular complexity index is 760. The first kappa shape index (κ1) is 20.3. The molecule has 144 valence electrons. The second-order valence-corrected chi connectivity index (χ2v) is 6.22. The van der Waals surface area contributed by atoms with Crippen LogP contribution in [0, 0.1) is 0 Å². The molecule has 2 rings (SSSR count). The van der Waals surface area contributed by atoms with Crippen molar-refractivity contribution in [2.45, 2.75) is 33.2 Å². The number of amides is 2. The molecule has 6 heteroatoms. The predicted octanol–water partition coefficient (Wildman–Crippen LogP) is 3.66. The van der Waals surface area contributed by atoms with E-state index < -0.39 is 0 Å². The lowest BCUT2D eigenvalue weighted by molar-refractivity contribution is -0.114. The van der Waals surface area contributed by atoms with Crippen molar-refractivity contribution in [2.75, 3.05) is 23.8 Å². The summed E-state index contributed by atoms with van der Waals surface area (Å²) >= 11 is 0. The quantitative estimate of drug-likeness (QED) is 0.630. The van der Waals surface area contributed by atoms with Crippen molar-refractivity contribution < 1.29 is 14.3 Å². The lowest BCUT2D eigenvalue weighted by atomic mass is 10.1. The zero-order valence-electron chi connectivity index (χ0n) is 16.0. The van der Waals surface area contributed by atoms with Gasteiger partial charge in [0.2, 0.25) is 5.91 Å². The maximum Gasteiger partial charge on any atom is 0.251 e. The van der Waals surface area contributed by atoms with E-state index in [1.165, 1.54) is 0 Å². The van der Waals surface area contributed by atoms with Gasteiger partial charge in [-0.15, -0.1) is 0 Å². The van der Waals surface area contributed by atoms with E-state index in [1.54, 1.807) is 30.3 Å². The van der Waals surface area contributed by atoms with Crippen LogP contribution >= 0.6 is 0 Å². The molecule has 0 saturated carbocycles. The molecule has 0 aliphatic carbocycles. The van der Waals surface area contributed by atoms with Crippen LogP contribution in [-0.4, -0.2) is 31.0 Å². The minimum Gasteiger partial charge on any atom is -0.494 e. The van der Waals surface area contributed by atoms with Gasteiger partial charge in [0.05, 0.1) is 13.2 Å². The van der Waals surface area contributed by atoms with Gasteiger partial charge < -0.3 is 20.7 Å². The predicted molar refractivity (Wildman–Crippen MR) is 108 cm³/mol. The van der Waals surface area contributed by atoms with Crippen molar-refractivity contribution in [1.29, 1.82) is 0 Å². The lowest BCUT2D eigenvalue weighted by Gasteiger charge is -2.13. The summed E-state index contributed by atoms with van der Waals surface area (Å²) in [4.78, 5) is 24.3. The van der Waals surface area contributed by atoms with Crippen LogP contribution in [-0.2, 0) is 4.79 Å². The number of anilines is 2. The minimum atomic E-state index is -0.173. The summed E-state index contributed by atoms with van der Waals surface area (Å²) in [7, 11) is 0. The fourth-order valence-corrected chi connectivity index (χ4v) is 2.37. The third-order valence-electron chi connectivity index (χ3n) is 4.02. The molecule has 27 heavy (non-hydrogen) atoms. The van der Waals surface area contributed by atoms with Crippen LogP contribution in [0.3, 0.4) is 0 Å². The molecule has 1 unspecified atom stereocenters. The Morgan fingerprint density at radius 3 is 2.44 bits per heavy atom. The second-order valence-electron chi connectivity index (χ2n) is 6.22. The van der Waals surface area contributed by atoms with Crippen LogP contribution in [0.5, 0.6) is 5.75 Å².